The molecule has 1 unspecified atom stereocenters. The summed E-state index contributed by atoms with van der Waals surface area (Å²) in [5, 5.41) is 0. The summed E-state index contributed by atoms with van der Waals surface area (Å²) in [7, 11) is 0. The molecule has 0 aromatic rings. The molecule has 0 saturated heterocycles. The Labute approximate surface area is 395 Å². The molecule has 6 nitrogen and oxygen atoms in total. The van der Waals surface area contributed by atoms with E-state index in [9.17, 15) is 14.4 Å². The molecule has 6 heteroatoms. The molecule has 0 aromatic carbocycles. The summed E-state index contributed by atoms with van der Waals surface area (Å²) in [6.07, 6.45) is 66.0. The molecule has 0 radical (unpaired) electrons. The van der Waals surface area contributed by atoms with Crippen molar-refractivity contribution < 1.29 is 28.6 Å². The van der Waals surface area contributed by atoms with Crippen molar-refractivity contribution in [1.29, 1.82) is 0 Å². The van der Waals surface area contributed by atoms with E-state index in [1.54, 1.807) is 0 Å². The molecule has 368 valence electrons. The van der Waals surface area contributed by atoms with Gasteiger partial charge in [-0.2, -0.15) is 0 Å². The lowest BCUT2D eigenvalue weighted by Gasteiger charge is -2.18. The van der Waals surface area contributed by atoms with Crippen molar-refractivity contribution >= 4 is 17.9 Å². The highest BCUT2D eigenvalue weighted by Crippen LogP contribution is 2.15. The SMILES string of the molecule is CC\C=C/C=C\C=C/C=C\CCCCCCCC(=O)OC(COC(=O)CCCCCCC/C=C\CCCCC)COC(=O)CCCCCCCCC/C=C\CCCCCCCCCC. The molecule has 0 heterocycles. The van der Waals surface area contributed by atoms with E-state index in [-0.39, 0.29) is 31.1 Å². The summed E-state index contributed by atoms with van der Waals surface area (Å²) in [6.45, 7) is 6.45. The molecule has 0 aliphatic heterocycles. The van der Waals surface area contributed by atoms with Crippen molar-refractivity contribution in [2.45, 2.75) is 264 Å². The van der Waals surface area contributed by atoms with Crippen LogP contribution in [0.1, 0.15) is 258 Å². The van der Waals surface area contributed by atoms with Gasteiger partial charge in [-0.25, -0.2) is 0 Å². The van der Waals surface area contributed by atoms with E-state index in [1.807, 2.05) is 18.2 Å². The fraction of sp³-hybridized carbons (Fsp3) is 0.741. The van der Waals surface area contributed by atoms with Gasteiger partial charge in [0.15, 0.2) is 6.10 Å². The van der Waals surface area contributed by atoms with Gasteiger partial charge in [0.2, 0.25) is 0 Å². The first-order valence-corrected chi connectivity index (χ1v) is 27.0. The summed E-state index contributed by atoms with van der Waals surface area (Å²) in [5.41, 5.74) is 0. The van der Waals surface area contributed by atoms with Crippen LogP contribution in [0, 0.1) is 0 Å². The first-order chi connectivity index (χ1) is 31.5. The number of carbonyl (C=O) groups excluding carboxylic acids is 3. The lowest BCUT2D eigenvalue weighted by molar-refractivity contribution is -0.167. The van der Waals surface area contributed by atoms with Gasteiger partial charge in [-0.15, -0.1) is 0 Å². The molecule has 0 spiro atoms. The third-order valence-electron chi connectivity index (χ3n) is 11.5. The van der Waals surface area contributed by atoms with Crippen LogP contribution in [0.4, 0.5) is 0 Å². The van der Waals surface area contributed by atoms with Crippen LogP contribution >= 0.6 is 0 Å². The minimum Gasteiger partial charge on any atom is -0.462 e. The van der Waals surface area contributed by atoms with Gasteiger partial charge in [0.05, 0.1) is 0 Å². The molecule has 0 N–H and O–H groups in total. The average molecular weight is 893 g/mol. The molecule has 0 amide bonds. The zero-order chi connectivity index (χ0) is 46.5. The lowest BCUT2D eigenvalue weighted by atomic mass is 10.1. The first kappa shape index (κ1) is 60.9. The number of rotatable bonds is 48. The zero-order valence-electron chi connectivity index (χ0n) is 42.0. The molecular formula is C58H100O6. The maximum atomic E-state index is 12.8. The Morgan fingerprint density at radius 3 is 1.03 bits per heavy atom. The monoisotopic (exact) mass is 893 g/mol. The van der Waals surface area contributed by atoms with Crippen molar-refractivity contribution in [3.63, 3.8) is 0 Å². The van der Waals surface area contributed by atoms with Crippen LogP contribution in [0.5, 0.6) is 0 Å². The highest BCUT2D eigenvalue weighted by Gasteiger charge is 2.19. The van der Waals surface area contributed by atoms with Crippen LogP contribution in [-0.2, 0) is 28.6 Å². The fourth-order valence-electron chi connectivity index (χ4n) is 7.44. The van der Waals surface area contributed by atoms with Crippen LogP contribution < -0.4 is 0 Å². The van der Waals surface area contributed by atoms with Gasteiger partial charge in [0.1, 0.15) is 13.2 Å². The van der Waals surface area contributed by atoms with Crippen molar-refractivity contribution in [1.82, 2.24) is 0 Å². The molecule has 0 bridgehead atoms. The Morgan fingerprint density at radius 1 is 0.328 bits per heavy atom. The van der Waals surface area contributed by atoms with E-state index >= 15 is 0 Å². The Balaban J connectivity index is 4.39. The van der Waals surface area contributed by atoms with Gasteiger partial charge in [0.25, 0.3) is 0 Å². The van der Waals surface area contributed by atoms with Crippen molar-refractivity contribution in [3.05, 3.63) is 72.9 Å². The summed E-state index contributed by atoms with van der Waals surface area (Å²) < 4.78 is 16.8. The van der Waals surface area contributed by atoms with E-state index in [2.05, 4.69) is 75.5 Å². The number of carbonyl (C=O) groups is 3. The highest BCUT2D eigenvalue weighted by molar-refractivity contribution is 5.71. The predicted octanol–water partition coefficient (Wildman–Crippen LogP) is 17.8. The number of hydrogen-bond donors (Lipinski definition) is 0. The molecule has 1 atom stereocenters. The number of ether oxygens (including phenoxy) is 3. The van der Waals surface area contributed by atoms with Crippen molar-refractivity contribution in [3.8, 4) is 0 Å². The summed E-state index contributed by atoms with van der Waals surface area (Å²) in [6, 6.07) is 0. The molecule has 0 aromatic heterocycles. The Hall–Kier alpha value is -3.15. The van der Waals surface area contributed by atoms with E-state index in [1.165, 1.54) is 128 Å². The summed E-state index contributed by atoms with van der Waals surface area (Å²) in [4.78, 5) is 38.0. The molecule has 0 saturated carbocycles. The summed E-state index contributed by atoms with van der Waals surface area (Å²) in [5.74, 6) is -0.923. The Bertz CT molecular complexity index is 1210. The van der Waals surface area contributed by atoms with E-state index in [0.717, 1.165) is 89.9 Å². The van der Waals surface area contributed by atoms with Gasteiger partial charge in [-0.1, -0.05) is 222 Å². The molecule has 0 aliphatic rings. The predicted molar refractivity (Wildman–Crippen MR) is 274 cm³/mol. The number of allylic oxidation sites excluding steroid dienone is 12. The second-order valence-electron chi connectivity index (χ2n) is 17.8. The zero-order valence-corrected chi connectivity index (χ0v) is 42.0. The van der Waals surface area contributed by atoms with E-state index in [0.29, 0.717) is 19.3 Å². The average Bonchev–Trinajstić information content (AvgIpc) is 3.29. The number of unbranched alkanes of at least 4 members (excludes halogenated alkanes) is 28. The van der Waals surface area contributed by atoms with Gasteiger partial charge in [0, 0.05) is 19.3 Å². The number of hydrogen-bond acceptors (Lipinski definition) is 6. The summed E-state index contributed by atoms with van der Waals surface area (Å²) >= 11 is 0. The van der Waals surface area contributed by atoms with E-state index in [4.69, 9.17) is 14.2 Å². The Morgan fingerprint density at radius 2 is 0.625 bits per heavy atom. The minimum absolute atomic E-state index is 0.0899. The lowest BCUT2D eigenvalue weighted by Crippen LogP contribution is -2.30. The maximum Gasteiger partial charge on any atom is 0.306 e. The van der Waals surface area contributed by atoms with Gasteiger partial charge < -0.3 is 14.2 Å². The van der Waals surface area contributed by atoms with Gasteiger partial charge >= 0.3 is 17.9 Å². The largest absolute Gasteiger partial charge is 0.462 e. The topological polar surface area (TPSA) is 78.9 Å². The standard InChI is InChI=1S/C58H100O6/c1-4-7-10-13-16-19-22-25-27-28-29-30-32-33-36-39-42-45-48-51-57(60)63-54-55(53-62-56(59)50-47-44-41-38-35-24-21-18-15-12-9-6-3)64-58(61)52-49-46-43-40-37-34-31-26-23-20-17-14-11-8-5-2/h8,11,14,17-18,20-21,23,26,28-29,31,55H,4-7,9-10,12-13,15-16,19,22,24-25,27,30,32-54H2,1-3H3/b11-8-,17-14-,21-18-,23-20-,29-28-,31-26-. The van der Waals surface area contributed by atoms with E-state index < -0.39 is 6.10 Å². The second kappa shape index (κ2) is 52.5. The molecule has 64 heavy (non-hydrogen) atoms. The van der Waals surface area contributed by atoms with Crippen LogP contribution in [0.2, 0.25) is 0 Å². The van der Waals surface area contributed by atoms with Crippen LogP contribution in [0.25, 0.3) is 0 Å². The Kier molecular flexibility index (Phi) is 49.9. The minimum atomic E-state index is -0.792. The number of esters is 3. The smallest absolute Gasteiger partial charge is 0.306 e. The van der Waals surface area contributed by atoms with Crippen LogP contribution in [-0.4, -0.2) is 37.2 Å². The molecule has 0 fully saturated rings. The first-order valence-electron chi connectivity index (χ1n) is 27.0. The highest BCUT2D eigenvalue weighted by atomic mass is 16.6. The van der Waals surface area contributed by atoms with Crippen LogP contribution in [0.3, 0.4) is 0 Å². The second-order valence-corrected chi connectivity index (χ2v) is 17.8. The maximum absolute atomic E-state index is 12.8. The molecular weight excluding hydrogens is 793 g/mol. The molecule has 0 aliphatic carbocycles. The van der Waals surface area contributed by atoms with Crippen molar-refractivity contribution in [2.75, 3.05) is 13.2 Å². The third kappa shape index (κ3) is 49.9. The quantitative estimate of drug-likeness (QED) is 0.0199. The third-order valence-corrected chi connectivity index (χ3v) is 11.5. The molecule has 0 rings (SSSR count). The van der Waals surface area contributed by atoms with Crippen molar-refractivity contribution in [2.24, 2.45) is 0 Å². The van der Waals surface area contributed by atoms with Crippen LogP contribution in [0.15, 0.2) is 72.9 Å². The fourth-order valence-corrected chi connectivity index (χ4v) is 7.44. The van der Waals surface area contributed by atoms with Gasteiger partial charge in [-0.05, 0) is 89.9 Å². The van der Waals surface area contributed by atoms with Gasteiger partial charge in [-0.3, -0.25) is 14.4 Å². The normalized spacial score (nSPS) is 12.6.